The molecule has 0 saturated heterocycles. The zero-order valence-corrected chi connectivity index (χ0v) is 10.9. The first-order chi connectivity index (χ1) is 7.18. The van der Waals surface area contributed by atoms with Gasteiger partial charge in [0.25, 0.3) is 0 Å². The van der Waals surface area contributed by atoms with Gasteiger partial charge in [0.05, 0.1) is 4.34 Å². The molecule has 84 valence electrons. The normalized spacial score (nSPS) is 11.7. The summed E-state index contributed by atoms with van der Waals surface area (Å²) in [5.74, 6) is 0.727. The first-order valence-corrected chi connectivity index (χ1v) is 6.50. The second kappa shape index (κ2) is 7.04. The van der Waals surface area contributed by atoms with E-state index in [-0.39, 0.29) is 0 Å². The predicted octanol–water partition coefficient (Wildman–Crippen LogP) is 4.05. The standard InChI is InChI=1S/C12H18ClNS/c1-10(2)9-14-8-4-3-5-11-6-7-12(13)15-11/h3,5-7,10,14H,4,8-9H2,1-2H3. The van der Waals surface area contributed by atoms with E-state index in [4.69, 9.17) is 11.6 Å². The van der Waals surface area contributed by atoms with Crippen molar-refractivity contribution >= 4 is 29.0 Å². The number of halogens is 1. The van der Waals surface area contributed by atoms with Crippen molar-refractivity contribution in [3.63, 3.8) is 0 Å². The Bertz CT molecular complexity index is 304. The Morgan fingerprint density at radius 1 is 1.47 bits per heavy atom. The fourth-order valence-electron chi connectivity index (χ4n) is 1.19. The van der Waals surface area contributed by atoms with Crippen molar-refractivity contribution in [3.8, 4) is 0 Å². The van der Waals surface area contributed by atoms with Crippen molar-refractivity contribution in [2.75, 3.05) is 13.1 Å². The van der Waals surface area contributed by atoms with E-state index in [2.05, 4.69) is 31.3 Å². The summed E-state index contributed by atoms with van der Waals surface area (Å²) in [7, 11) is 0. The summed E-state index contributed by atoms with van der Waals surface area (Å²) < 4.78 is 0.854. The Labute approximate surface area is 101 Å². The number of hydrogen-bond donors (Lipinski definition) is 1. The van der Waals surface area contributed by atoms with Crippen LogP contribution >= 0.6 is 22.9 Å². The van der Waals surface area contributed by atoms with Crippen LogP contribution in [0.15, 0.2) is 18.2 Å². The molecule has 0 atom stereocenters. The molecule has 0 aliphatic heterocycles. The van der Waals surface area contributed by atoms with Crippen LogP contribution in [0.1, 0.15) is 25.1 Å². The van der Waals surface area contributed by atoms with Gasteiger partial charge in [0.2, 0.25) is 0 Å². The molecule has 1 aromatic rings. The highest BCUT2D eigenvalue weighted by molar-refractivity contribution is 7.16. The van der Waals surface area contributed by atoms with Crippen molar-refractivity contribution in [1.82, 2.24) is 5.32 Å². The molecule has 0 aromatic carbocycles. The quantitative estimate of drug-likeness (QED) is 0.744. The third kappa shape index (κ3) is 5.98. The smallest absolute Gasteiger partial charge is 0.0934 e. The van der Waals surface area contributed by atoms with Crippen LogP contribution in [0.3, 0.4) is 0 Å². The van der Waals surface area contributed by atoms with Crippen molar-refractivity contribution in [1.29, 1.82) is 0 Å². The minimum atomic E-state index is 0.727. The molecule has 1 nitrogen and oxygen atoms in total. The molecule has 0 spiro atoms. The van der Waals surface area contributed by atoms with E-state index < -0.39 is 0 Å². The lowest BCUT2D eigenvalue weighted by molar-refractivity contribution is 0.557. The second-order valence-electron chi connectivity index (χ2n) is 3.93. The summed E-state index contributed by atoms with van der Waals surface area (Å²) in [6.45, 7) is 6.58. The summed E-state index contributed by atoms with van der Waals surface area (Å²) in [5, 5.41) is 3.40. The van der Waals surface area contributed by atoms with E-state index in [9.17, 15) is 0 Å². The maximum absolute atomic E-state index is 5.83. The lowest BCUT2D eigenvalue weighted by Gasteiger charge is -2.04. The van der Waals surface area contributed by atoms with Crippen LogP contribution in [-0.2, 0) is 0 Å². The van der Waals surface area contributed by atoms with Gasteiger partial charge >= 0.3 is 0 Å². The Hall–Kier alpha value is -0.310. The molecule has 15 heavy (non-hydrogen) atoms. The average Bonchev–Trinajstić information content (AvgIpc) is 2.57. The second-order valence-corrected chi connectivity index (χ2v) is 5.68. The van der Waals surface area contributed by atoms with Gasteiger partial charge in [-0.2, -0.15) is 0 Å². The number of hydrogen-bond acceptors (Lipinski definition) is 2. The van der Waals surface area contributed by atoms with Gasteiger partial charge in [-0.3, -0.25) is 0 Å². The molecule has 1 aromatic heterocycles. The monoisotopic (exact) mass is 243 g/mol. The Balaban J connectivity index is 2.12. The molecule has 0 unspecified atom stereocenters. The summed E-state index contributed by atoms with van der Waals surface area (Å²) in [6.07, 6.45) is 5.39. The van der Waals surface area contributed by atoms with Gasteiger partial charge in [-0.05, 0) is 43.6 Å². The first kappa shape index (κ1) is 12.8. The van der Waals surface area contributed by atoms with E-state index in [1.54, 1.807) is 11.3 Å². The SMILES string of the molecule is CC(C)CNCCC=Cc1ccc(Cl)s1. The van der Waals surface area contributed by atoms with E-state index in [1.165, 1.54) is 4.88 Å². The van der Waals surface area contributed by atoms with Crippen LogP contribution in [0.5, 0.6) is 0 Å². The maximum atomic E-state index is 5.83. The average molecular weight is 244 g/mol. The van der Waals surface area contributed by atoms with E-state index in [0.29, 0.717) is 0 Å². The number of nitrogens with one attached hydrogen (secondary N) is 1. The van der Waals surface area contributed by atoms with Gasteiger partial charge in [-0.1, -0.05) is 31.5 Å². The molecule has 0 aliphatic carbocycles. The molecule has 0 bridgehead atoms. The van der Waals surface area contributed by atoms with Crippen LogP contribution in [0.2, 0.25) is 4.34 Å². The topological polar surface area (TPSA) is 12.0 Å². The largest absolute Gasteiger partial charge is 0.316 e. The summed E-state index contributed by atoms with van der Waals surface area (Å²) in [6, 6.07) is 3.98. The molecule has 0 radical (unpaired) electrons. The lowest BCUT2D eigenvalue weighted by Crippen LogP contribution is -2.20. The van der Waals surface area contributed by atoms with Crippen LogP contribution in [0.4, 0.5) is 0 Å². The maximum Gasteiger partial charge on any atom is 0.0934 e. The zero-order chi connectivity index (χ0) is 11.1. The van der Waals surface area contributed by atoms with Gasteiger partial charge in [0, 0.05) is 4.88 Å². The molecule has 3 heteroatoms. The van der Waals surface area contributed by atoms with Gasteiger partial charge in [-0.25, -0.2) is 0 Å². The fraction of sp³-hybridized carbons (Fsp3) is 0.500. The molecule has 1 heterocycles. The Kier molecular flexibility index (Phi) is 5.99. The third-order valence-corrected chi connectivity index (χ3v) is 3.11. The number of rotatable bonds is 6. The van der Waals surface area contributed by atoms with Gasteiger partial charge in [0.15, 0.2) is 0 Å². The Morgan fingerprint density at radius 2 is 2.27 bits per heavy atom. The van der Waals surface area contributed by atoms with Gasteiger partial charge in [0.1, 0.15) is 0 Å². The summed E-state index contributed by atoms with van der Waals surface area (Å²) in [5.41, 5.74) is 0. The van der Waals surface area contributed by atoms with Crippen molar-refractivity contribution < 1.29 is 0 Å². The highest BCUT2D eigenvalue weighted by Gasteiger charge is 1.93. The van der Waals surface area contributed by atoms with E-state index in [1.807, 2.05) is 12.1 Å². The van der Waals surface area contributed by atoms with Gasteiger partial charge < -0.3 is 5.32 Å². The van der Waals surface area contributed by atoms with Gasteiger partial charge in [-0.15, -0.1) is 11.3 Å². The highest BCUT2D eigenvalue weighted by Crippen LogP contribution is 2.22. The Morgan fingerprint density at radius 3 is 2.87 bits per heavy atom. The summed E-state index contributed by atoms with van der Waals surface area (Å²) in [4.78, 5) is 1.23. The molecule has 0 amide bonds. The molecule has 1 rings (SSSR count). The number of thiophene rings is 1. The summed E-state index contributed by atoms with van der Waals surface area (Å²) >= 11 is 7.44. The molecule has 0 aliphatic rings. The molecule has 1 N–H and O–H groups in total. The predicted molar refractivity (Wildman–Crippen MR) is 70.7 cm³/mol. The van der Waals surface area contributed by atoms with Crippen LogP contribution in [0.25, 0.3) is 6.08 Å². The molecular weight excluding hydrogens is 226 g/mol. The van der Waals surface area contributed by atoms with Crippen molar-refractivity contribution in [2.45, 2.75) is 20.3 Å². The molecule has 0 saturated carbocycles. The minimum absolute atomic E-state index is 0.727. The zero-order valence-electron chi connectivity index (χ0n) is 9.29. The first-order valence-electron chi connectivity index (χ1n) is 5.31. The minimum Gasteiger partial charge on any atom is -0.316 e. The van der Waals surface area contributed by atoms with Crippen LogP contribution in [0, 0.1) is 5.92 Å². The highest BCUT2D eigenvalue weighted by atomic mass is 35.5. The fourth-order valence-corrected chi connectivity index (χ4v) is 2.19. The van der Waals surface area contributed by atoms with Crippen LogP contribution < -0.4 is 5.32 Å². The molecule has 0 fully saturated rings. The third-order valence-electron chi connectivity index (χ3n) is 1.92. The van der Waals surface area contributed by atoms with Crippen molar-refractivity contribution in [3.05, 3.63) is 27.4 Å². The van der Waals surface area contributed by atoms with Crippen molar-refractivity contribution in [2.24, 2.45) is 5.92 Å². The van der Waals surface area contributed by atoms with Crippen LogP contribution in [-0.4, -0.2) is 13.1 Å². The van der Waals surface area contributed by atoms with E-state index >= 15 is 0 Å². The molecular formula is C12H18ClNS. The van der Waals surface area contributed by atoms with E-state index in [0.717, 1.165) is 29.8 Å². The lowest BCUT2D eigenvalue weighted by atomic mass is 10.2.